The molecule has 0 aliphatic carbocycles. The van der Waals surface area contributed by atoms with Crippen molar-refractivity contribution in [3.05, 3.63) is 107 Å². The van der Waals surface area contributed by atoms with Gasteiger partial charge in [-0.2, -0.15) is 0 Å². The molecular weight excluding hydrogens is 600 g/mol. The maximum absolute atomic E-state index is 12.8. The average molecular weight is 643 g/mol. The molecule has 0 saturated carbocycles. The molecule has 4 aromatic rings. The zero-order chi connectivity index (χ0) is 33.4. The third-order valence-electron chi connectivity index (χ3n) is 7.48. The summed E-state index contributed by atoms with van der Waals surface area (Å²) in [7, 11) is 6.37. The normalized spacial score (nSPS) is 10.6. The summed E-state index contributed by atoms with van der Waals surface area (Å²) in [6.07, 6.45) is 1.89. The molecule has 0 N–H and O–H groups in total. The monoisotopic (exact) mass is 642 g/mol. The minimum Gasteiger partial charge on any atom is -0.493 e. The third kappa shape index (κ3) is 10.5. The lowest BCUT2D eigenvalue weighted by atomic mass is 10.0. The van der Waals surface area contributed by atoms with Crippen molar-refractivity contribution in [2.75, 3.05) is 54.9 Å². The number of carbonyl (C=O) groups is 2. The van der Waals surface area contributed by atoms with E-state index in [1.54, 1.807) is 52.7 Å². The Labute approximate surface area is 276 Å². The molecule has 0 aliphatic heterocycles. The van der Waals surface area contributed by atoms with Crippen LogP contribution in [0.4, 0.5) is 0 Å². The lowest BCUT2D eigenvalue weighted by molar-refractivity contribution is 0.0763. The highest BCUT2D eigenvalue weighted by molar-refractivity contribution is 5.97. The van der Waals surface area contributed by atoms with Crippen molar-refractivity contribution in [1.82, 2.24) is 0 Å². The number of ketones is 2. The van der Waals surface area contributed by atoms with Crippen LogP contribution in [0.1, 0.15) is 44.7 Å². The van der Waals surface area contributed by atoms with Gasteiger partial charge >= 0.3 is 0 Å². The molecule has 0 unspecified atom stereocenters. The van der Waals surface area contributed by atoms with E-state index < -0.39 is 0 Å². The highest BCUT2D eigenvalue weighted by Gasteiger charge is 2.12. The van der Waals surface area contributed by atoms with E-state index in [0.29, 0.717) is 97.7 Å². The van der Waals surface area contributed by atoms with E-state index in [1.807, 2.05) is 60.7 Å². The Bertz CT molecular complexity index is 1500. The summed E-state index contributed by atoms with van der Waals surface area (Å²) in [4.78, 5) is 25.7. The maximum atomic E-state index is 12.8. The molecule has 0 spiro atoms. The second kappa shape index (κ2) is 18.2. The number of hydrogen-bond donors (Lipinski definition) is 0. The number of benzene rings is 4. The van der Waals surface area contributed by atoms with Crippen LogP contribution in [0, 0.1) is 0 Å². The molecule has 0 saturated heterocycles. The molecule has 4 rings (SSSR count). The Hall–Kier alpha value is -5.02. The predicted molar refractivity (Wildman–Crippen MR) is 179 cm³/mol. The van der Waals surface area contributed by atoms with Crippen LogP contribution in [0.5, 0.6) is 34.5 Å². The smallest absolute Gasteiger partial charge is 0.163 e. The highest BCUT2D eigenvalue weighted by atomic mass is 16.5. The van der Waals surface area contributed by atoms with E-state index >= 15 is 0 Å². The van der Waals surface area contributed by atoms with Crippen LogP contribution in [-0.2, 0) is 17.6 Å². The van der Waals surface area contributed by atoms with Crippen molar-refractivity contribution in [3.63, 3.8) is 0 Å². The molecule has 0 fully saturated rings. The number of aryl methyl sites for hydroxylation is 2. The SMILES string of the molecule is COc1ccc(CCC(=O)c2cccc(OCCOCCOc3cccc(C(=O)CCc4ccc(OC)c(OC)c4)c3)c2)cc1OC. The van der Waals surface area contributed by atoms with Crippen LogP contribution in [0.2, 0.25) is 0 Å². The van der Waals surface area contributed by atoms with Crippen molar-refractivity contribution >= 4 is 11.6 Å². The Kier molecular flexibility index (Phi) is 13.5. The lowest BCUT2D eigenvalue weighted by Crippen LogP contribution is -2.12. The number of ether oxygens (including phenoxy) is 7. The number of methoxy groups -OCH3 is 4. The zero-order valence-electron chi connectivity index (χ0n) is 27.4. The molecule has 9 nitrogen and oxygen atoms in total. The van der Waals surface area contributed by atoms with Gasteiger partial charge in [0.1, 0.15) is 24.7 Å². The summed E-state index contributed by atoms with van der Waals surface area (Å²) in [5.41, 5.74) is 3.18. The van der Waals surface area contributed by atoms with Gasteiger partial charge in [0.2, 0.25) is 0 Å². The molecule has 0 radical (unpaired) electrons. The topological polar surface area (TPSA) is 98.8 Å². The Morgan fingerprint density at radius 3 is 1.32 bits per heavy atom. The summed E-state index contributed by atoms with van der Waals surface area (Å²) in [6, 6.07) is 25.7. The first kappa shape index (κ1) is 34.8. The van der Waals surface area contributed by atoms with Crippen LogP contribution in [0.25, 0.3) is 0 Å². The first-order chi connectivity index (χ1) is 22.9. The Morgan fingerprint density at radius 1 is 0.489 bits per heavy atom. The second-order valence-corrected chi connectivity index (χ2v) is 10.6. The lowest BCUT2D eigenvalue weighted by Gasteiger charge is -2.11. The average Bonchev–Trinajstić information content (AvgIpc) is 3.12. The van der Waals surface area contributed by atoms with Gasteiger partial charge in [-0.3, -0.25) is 9.59 Å². The highest BCUT2D eigenvalue weighted by Crippen LogP contribution is 2.29. The fraction of sp³-hybridized carbons (Fsp3) is 0.316. The third-order valence-corrected chi connectivity index (χ3v) is 7.48. The van der Waals surface area contributed by atoms with Crippen LogP contribution >= 0.6 is 0 Å². The van der Waals surface area contributed by atoms with Gasteiger partial charge in [-0.05, 0) is 72.5 Å². The van der Waals surface area contributed by atoms with Gasteiger partial charge in [-0.15, -0.1) is 0 Å². The van der Waals surface area contributed by atoms with E-state index in [4.69, 9.17) is 33.2 Å². The number of Topliss-reactive ketones (excluding diaryl/α,β-unsaturated/α-hetero) is 2. The van der Waals surface area contributed by atoms with Crippen molar-refractivity contribution in [3.8, 4) is 34.5 Å². The molecular formula is C38H42O9. The van der Waals surface area contributed by atoms with E-state index in [-0.39, 0.29) is 11.6 Å². The predicted octanol–water partition coefficient (Wildman–Crippen LogP) is 6.83. The fourth-order valence-corrected chi connectivity index (χ4v) is 4.93. The molecule has 0 aliphatic rings. The molecule has 0 heterocycles. The summed E-state index contributed by atoms with van der Waals surface area (Å²) in [5.74, 6) is 3.86. The molecule has 4 aromatic carbocycles. The van der Waals surface area contributed by atoms with Gasteiger partial charge in [0, 0.05) is 24.0 Å². The number of rotatable bonds is 20. The van der Waals surface area contributed by atoms with Crippen molar-refractivity contribution in [2.24, 2.45) is 0 Å². The standard InChI is InChI=1S/C38H42O9/c1-41-35-17-13-27(23-37(35)43-3)11-15-33(39)29-7-5-9-31(25-29)46-21-19-45-20-22-47-32-10-6-8-30(26-32)34(40)16-12-28-14-18-36(42-2)38(24-28)44-4/h5-10,13-14,17-18,23-26H,11-12,15-16,19-22H2,1-4H3. The van der Waals surface area contributed by atoms with Gasteiger partial charge in [-0.25, -0.2) is 0 Å². The Morgan fingerprint density at radius 2 is 0.915 bits per heavy atom. The van der Waals surface area contributed by atoms with Crippen molar-refractivity contribution in [2.45, 2.75) is 25.7 Å². The van der Waals surface area contributed by atoms with Crippen LogP contribution in [-0.4, -0.2) is 66.4 Å². The molecule has 0 atom stereocenters. The van der Waals surface area contributed by atoms with Gasteiger partial charge in [0.05, 0.1) is 41.7 Å². The first-order valence-electron chi connectivity index (χ1n) is 15.5. The molecule has 0 bridgehead atoms. The summed E-state index contributed by atoms with van der Waals surface area (Å²) in [6.45, 7) is 1.37. The van der Waals surface area contributed by atoms with Gasteiger partial charge < -0.3 is 33.2 Å². The summed E-state index contributed by atoms with van der Waals surface area (Å²) < 4.78 is 38.5. The van der Waals surface area contributed by atoms with E-state index in [0.717, 1.165) is 11.1 Å². The number of carbonyl (C=O) groups excluding carboxylic acids is 2. The van der Waals surface area contributed by atoms with Gasteiger partial charge in [-0.1, -0.05) is 36.4 Å². The summed E-state index contributed by atoms with van der Waals surface area (Å²) >= 11 is 0. The van der Waals surface area contributed by atoms with E-state index in [1.165, 1.54) is 0 Å². The van der Waals surface area contributed by atoms with E-state index in [9.17, 15) is 9.59 Å². The minimum absolute atomic E-state index is 0.0299. The van der Waals surface area contributed by atoms with Gasteiger partial charge in [0.25, 0.3) is 0 Å². The Balaban J connectivity index is 1.14. The minimum atomic E-state index is 0.0299. The van der Waals surface area contributed by atoms with Crippen LogP contribution in [0.15, 0.2) is 84.9 Å². The second-order valence-electron chi connectivity index (χ2n) is 10.6. The quantitative estimate of drug-likeness (QED) is 0.0759. The number of hydrogen-bond acceptors (Lipinski definition) is 9. The van der Waals surface area contributed by atoms with E-state index in [2.05, 4.69) is 0 Å². The van der Waals surface area contributed by atoms with Gasteiger partial charge in [0.15, 0.2) is 34.6 Å². The molecule has 0 aromatic heterocycles. The molecule has 248 valence electrons. The fourth-order valence-electron chi connectivity index (χ4n) is 4.93. The van der Waals surface area contributed by atoms with Crippen molar-refractivity contribution in [1.29, 1.82) is 0 Å². The van der Waals surface area contributed by atoms with Crippen molar-refractivity contribution < 1.29 is 42.7 Å². The zero-order valence-corrected chi connectivity index (χ0v) is 27.4. The maximum Gasteiger partial charge on any atom is 0.163 e. The first-order valence-corrected chi connectivity index (χ1v) is 15.5. The summed E-state index contributed by atoms with van der Waals surface area (Å²) in [5, 5.41) is 0. The van der Waals surface area contributed by atoms with Crippen LogP contribution < -0.4 is 28.4 Å². The molecule has 9 heteroatoms. The molecule has 47 heavy (non-hydrogen) atoms. The molecule has 0 amide bonds. The largest absolute Gasteiger partial charge is 0.493 e. The van der Waals surface area contributed by atoms with Crippen LogP contribution in [0.3, 0.4) is 0 Å².